The number of nitrogens with one attached hydrogen (secondary N) is 1. The van der Waals surface area contributed by atoms with Crippen LogP contribution in [-0.4, -0.2) is 78.1 Å². The first-order chi connectivity index (χ1) is 13.1. The predicted octanol–water partition coefficient (Wildman–Crippen LogP) is -2.92. The molecule has 1 aliphatic heterocycles. The van der Waals surface area contributed by atoms with Crippen LogP contribution in [0, 0.1) is 0 Å². The van der Waals surface area contributed by atoms with Gasteiger partial charge in [-0.25, -0.2) is 9.29 Å². The SMILES string of the molecule is CON=C(C(=O)N[C@@H]1C(=O)N(S(=O)(=O)O)[C@@H]1COCC(N)=O)c1csc(N)n1. The number of β-lactam (4-membered cyclic amide) rings is 1. The molecule has 0 unspecified atom stereocenters. The first kappa shape index (κ1) is 21.5. The molecule has 0 radical (unpaired) electrons. The average Bonchev–Trinajstić information content (AvgIpc) is 3.01. The van der Waals surface area contributed by atoms with Gasteiger partial charge < -0.3 is 26.4 Å². The van der Waals surface area contributed by atoms with Crippen molar-refractivity contribution in [1.29, 1.82) is 0 Å². The molecule has 2 rings (SSSR count). The molecule has 14 nitrogen and oxygen atoms in total. The lowest BCUT2D eigenvalue weighted by Crippen LogP contribution is -2.73. The molecule has 3 amide bonds. The smallest absolute Gasteiger partial charge is 0.362 e. The van der Waals surface area contributed by atoms with Gasteiger partial charge in [0.05, 0.1) is 6.61 Å². The molecule has 0 aliphatic carbocycles. The lowest BCUT2D eigenvalue weighted by Gasteiger charge is -2.43. The summed E-state index contributed by atoms with van der Waals surface area (Å²) in [6.07, 6.45) is 0. The van der Waals surface area contributed by atoms with Crippen molar-refractivity contribution in [2.75, 3.05) is 26.1 Å². The van der Waals surface area contributed by atoms with E-state index in [4.69, 9.17) is 20.8 Å². The van der Waals surface area contributed by atoms with E-state index in [9.17, 15) is 22.8 Å². The highest BCUT2D eigenvalue weighted by Gasteiger charge is 2.54. The number of hydrogen-bond donors (Lipinski definition) is 4. The molecule has 6 N–H and O–H groups in total. The van der Waals surface area contributed by atoms with Gasteiger partial charge in [-0.2, -0.15) is 8.42 Å². The van der Waals surface area contributed by atoms with Crippen LogP contribution < -0.4 is 16.8 Å². The maximum atomic E-state index is 12.5. The Balaban J connectivity index is 2.18. The fourth-order valence-corrected chi connectivity index (χ4v) is 3.72. The highest BCUT2D eigenvalue weighted by Crippen LogP contribution is 2.24. The Morgan fingerprint density at radius 3 is 2.68 bits per heavy atom. The summed E-state index contributed by atoms with van der Waals surface area (Å²) >= 11 is 1.03. The minimum atomic E-state index is -4.91. The lowest BCUT2D eigenvalue weighted by atomic mass is 9.99. The van der Waals surface area contributed by atoms with Crippen LogP contribution in [0.3, 0.4) is 0 Å². The van der Waals surface area contributed by atoms with E-state index in [2.05, 4.69) is 20.3 Å². The van der Waals surface area contributed by atoms with E-state index < -0.39 is 53.3 Å². The quantitative estimate of drug-likeness (QED) is 0.134. The molecule has 1 aromatic heterocycles. The minimum Gasteiger partial charge on any atom is -0.398 e. The molecule has 0 bridgehead atoms. The van der Waals surface area contributed by atoms with Crippen LogP contribution in [0.1, 0.15) is 5.69 Å². The number of oxime groups is 1. The van der Waals surface area contributed by atoms with Crippen LogP contribution in [0.5, 0.6) is 0 Å². The second-order valence-electron chi connectivity index (χ2n) is 5.31. The zero-order valence-corrected chi connectivity index (χ0v) is 15.9. The van der Waals surface area contributed by atoms with Crippen molar-refractivity contribution in [3.63, 3.8) is 0 Å². The Bertz CT molecular complexity index is 913. The van der Waals surface area contributed by atoms with Crippen LogP contribution in [-0.2, 0) is 34.3 Å². The number of carbonyl (C=O) groups excluding carboxylic acids is 3. The van der Waals surface area contributed by atoms with Crippen LogP contribution in [0.4, 0.5) is 5.13 Å². The Kier molecular flexibility index (Phi) is 6.49. The third-order valence-corrected chi connectivity index (χ3v) is 5.02. The van der Waals surface area contributed by atoms with E-state index in [1.165, 1.54) is 12.5 Å². The van der Waals surface area contributed by atoms with E-state index in [1.807, 2.05) is 0 Å². The normalized spacial score (nSPS) is 19.9. The van der Waals surface area contributed by atoms with Crippen LogP contribution >= 0.6 is 11.3 Å². The zero-order chi connectivity index (χ0) is 21.1. The first-order valence-electron chi connectivity index (χ1n) is 7.36. The number of nitrogens with two attached hydrogens (primary N) is 2. The van der Waals surface area contributed by atoms with Gasteiger partial charge >= 0.3 is 10.3 Å². The van der Waals surface area contributed by atoms with Gasteiger partial charge in [-0.1, -0.05) is 5.16 Å². The average molecular weight is 436 g/mol. The molecule has 16 heteroatoms. The number of aromatic nitrogens is 1. The van der Waals surface area contributed by atoms with Gasteiger partial charge in [-0.3, -0.25) is 18.9 Å². The summed E-state index contributed by atoms with van der Waals surface area (Å²) in [5.41, 5.74) is 10.2. The second kappa shape index (κ2) is 8.46. The van der Waals surface area contributed by atoms with Crippen LogP contribution in [0.2, 0.25) is 0 Å². The summed E-state index contributed by atoms with van der Waals surface area (Å²) in [6, 6.07) is -2.70. The Labute approximate surface area is 162 Å². The maximum Gasteiger partial charge on any atom is 0.362 e. The third-order valence-electron chi connectivity index (χ3n) is 3.40. The van der Waals surface area contributed by atoms with Crippen molar-refractivity contribution in [3.05, 3.63) is 11.1 Å². The number of anilines is 1. The van der Waals surface area contributed by atoms with Gasteiger partial charge in [-0.05, 0) is 0 Å². The van der Waals surface area contributed by atoms with Crippen molar-refractivity contribution >= 4 is 50.2 Å². The molecule has 1 fully saturated rings. The van der Waals surface area contributed by atoms with Gasteiger partial charge in [0.25, 0.3) is 11.8 Å². The molecule has 28 heavy (non-hydrogen) atoms. The molecule has 0 aromatic carbocycles. The van der Waals surface area contributed by atoms with E-state index in [0.717, 1.165) is 11.3 Å². The van der Waals surface area contributed by atoms with E-state index >= 15 is 0 Å². The van der Waals surface area contributed by atoms with Gasteiger partial charge in [0.15, 0.2) is 10.8 Å². The van der Waals surface area contributed by atoms with E-state index in [-0.39, 0.29) is 20.8 Å². The number of thiazole rings is 1. The zero-order valence-electron chi connectivity index (χ0n) is 14.3. The van der Waals surface area contributed by atoms with Gasteiger partial charge in [0.1, 0.15) is 31.5 Å². The lowest BCUT2D eigenvalue weighted by molar-refractivity contribution is -0.148. The summed E-state index contributed by atoms with van der Waals surface area (Å²) in [5.74, 6) is -2.86. The van der Waals surface area contributed by atoms with Gasteiger partial charge in [0, 0.05) is 5.38 Å². The highest BCUT2D eigenvalue weighted by atomic mass is 32.2. The van der Waals surface area contributed by atoms with E-state index in [0.29, 0.717) is 0 Å². The number of hydrogen-bond acceptors (Lipinski definition) is 11. The fourth-order valence-electron chi connectivity index (χ4n) is 2.31. The Morgan fingerprint density at radius 2 is 2.18 bits per heavy atom. The number of ether oxygens (including phenoxy) is 1. The largest absolute Gasteiger partial charge is 0.398 e. The summed E-state index contributed by atoms with van der Waals surface area (Å²) in [7, 11) is -3.73. The molecule has 2 atom stereocenters. The second-order valence-corrected chi connectivity index (χ2v) is 7.48. The summed E-state index contributed by atoms with van der Waals surface area (Å²) in [4.78, 5) is 43.8. The fraction of sp³-hybridized carbons (Fsp3) is 0.417. The molecule has 1 saturated heterocycles. The highest BCUT2D eigenvalue weighted by molar-refractivity contribution is 7.84. The molecule has 1 aromatic rings. The summed E-state index contributed by atoms with van der Waals surface area (Å²) in [5, 5.41) is 7.37. The first-order valence-corrected chi connectivity index (χ1v) is 9.64. The third kappa shape index (κ3) is 4.71. The molecule has 0 saturated carbocycles. The van der Waals surface area contributed by atoms with Crippen LogP contribution in [0.25, 0.3) is 0 Å². The molecule has 1 aliphatic rings. The number of nitrogens with zero attached hydrogens (tertiary/aromatic N) is 3. The summed E-state index contributed by atoms with van der Waals surface area (Å²) < 4.78 is 36.9. The van der Waals surface area contributed by atoms with Gasteiger partial charge in [0.2, 0.25) is 5.91 Å². The molecule has 154 valence electrons. The Morgan fingerprint density at radius 1 is 1.50 bits per heavy atom. The topological polar surface area (TPSA) is 217 Å². The molecule has 0 spiro atoms. The standard InChI is InChI=1S/C12H16N6O8S2/c1-25-17-8(5-4-27-12(14)15-5)10(20)16-9-6(2-26-3-7(13)19)18(11(9)21)28(22,23)24/h4,6,9H,2-3H2,1H3,(H2,13,19)(H2,14,15)(H,16,20)(H,22,23,24)/t6-,9+/m1/s1. The van der Waals surface area contributed by atoms with Gasteiger partial charge in [-0.15, -0.1) is 11.3 Å². The van der Waals surface area contributed by atoms with Crippen molar-refractivity contribution in [3.8, 4) is 0 Å². The molecule has 2 heterocycles. The maximum absolute atomic E-state index is 12.5. The van der Waals surface area contributed by atoms with Crippen molar-refractivity contribution in [2.45, 2.75) is 12.1 Å². The molecular formula is C12H16N6O8S2. The number of amides is 3. The minimum absolute atomic E-state index is 0.0711. The number of nitrogen functional groups attached to an aromatic ring is 1. The van der Waals surface area contributed by atoms with E-state index in [1.54, 1.807) is 0 Å². The van der Waals surface area contributed by atoms with Crippen LogP contribution in [0.15, 0.2) is 10.5 Å². The molecular weight excluding hydrogens is 420 g/mol. The number of carbonyl (C=O) groups is 3. The van der Waals surface area contributed by atoms with Crippen molar-refractivity contribution in [1.82, 2.24) is 14.6 Å². The van der Waals surface area contributed by atoms with Crippen molar-refractivity contribution < 1.29 is 36.9 Å². The summed E-state index contributed by atoms with van der Waals surface area (Å²) in [6.45, 7) is -1.06. The number of primary amides is 1. The monoisotopic (exact) mass is 436 g/mol. The predicted molar refractivity (Wildman–Crippen MR) is 94.2 cm³/mol. The number of rotatable bonds is 9. The Hall–Kier alpha value is -2.82. The van der Waals surface area contributed by atoms with Crippen molar-refractivity contribution in [2.24, 2.45) is 10.9 Å².